The van der Waals surface area contributed by atoms with Crippen molar-refractivity contribution in [3.63, 3.8) is 0 Å². The number of benzene rings is 1. The lowest BCUT2D eigenvalue weighted by atomic mass is 9.83. The van der Waals surface area contributed by atoms with Crippen LogP contribution in [-0.2, 0) is 24.3 Å². The fourth-order valence-electron chi connectivity index (χ4n) is 2.32. The summed E-state index contributed by atoms with van der Waals surface area (Å²) in [5, 5.41) is 0. The van der Waals surface area contributed by atoms with Crippen LogP contribution in [0.5, 0.6) is 0 Å². The summed E-state index contributed by atoms with van der Waals surface area (Å²) < 4.78 is 31.2. The number of carbonyl (C=O) groups excluding carboxylic acids is 2. The van der Waals surface area contributed by atoms with Gasteiger partial charge in [-0.2, -0.15) is 0 Å². The molecule has 7 heteroatoms. The molecule has 1 aromatic rings. The number of sulfonamides is 1. The van der Waals surface area contributed by atoms with Gasteiger partial charge in [-0.1, -0.05) is 18.2 Å². The lowest BCUT2D eigenvalue weighted by molar-refractivity contribution is -0.154. The van der Waals surface area contributed by atoms with Gasteiger partial charge in [0, 0.05) is 7.11 Å². The molecule has 1 aromatic carbocycles. The maximum absolute atomic E-state index is 12.7. The number of hydrogen-bond donors (Lipinski definition) is 0. The predicted octanol–water partition coefficient (Wildman–Crippen LogP) is 1.18. The van der Waals surface area contributed by atoms with Crippen molar-refractivity contribution in [2.45, 2.75) is 30.9 Å². The summed E-state index contributed by atoms with van der Waals surface area (Å²) in [6.07, 6.45) is 0.156. The zero-order chi connectivity index (χ0) is 15.7. The largest absolute Gasteiger partial charge is 0.360 e. The predicted molar refractivity (Wildman–Crippen MR) is 74.7 cm³/mol. The highest BCUT2D eigenvalue weighted by Gasteiger charge is 2.49. The van der Waals surface area contributed by atoms with Crippen LogP contribution in [-0.4, -0.2) is 38.3 Å². The van der Waals surface area contributed by atoms with E-state index in [1.165, 1.54) is 26.2 Å². The monoisotopic (exact) mass is 311 g/mol. The first-order valence-electron chi connectivity index (χ1n) is 6.50. The van der Waals surface area contributed by atoms with Crippen LogP contribution in [0.2, 0.25) is 0 Å². The average Bonchev–Trinajstić information content (AvgIpc) is 2.50. The van der Waals surface area contributed by atoms with Crippen LogP contribution in [0.4, 0.5) is 0 Å². The third kappa shape index (κ3) is 2.58. The van der Waals surface area contributed by atoms with E-state index in [4.69, 9.17) is 4.74 Å². The normalized spacial score (nSPS) is 26.7. The van der Waals surface area contributed by atoms with Crippen LogP contribution in [0.1, 0.15) is 19.8 Å². The van der Waals surface area contributed by atoms with Crippen LogP contribution < -0.4 is 0 Å². The molecule has 2 rings (SSSR count). The van der Waals surface area contributed by atoms with Crippen molar-refractivity contribution in [1.29, 1.82) is 0 Å². The second kappa shape index (κ2) is 5.57. The van der Waals surface area contributed by atoms with Crippen LogP contribution in [0, 0.1) is 5.41 Å². The lowest BCUT2D eigenvalue weighted by Crippen LogP contribution is -2.56. The van der Waals surface area contributed by atoms with Gasteiger partial charge in [0.2, 0.25) is 0 Å². The minimum absolute atomic E-state index is 0.00412. The number of aldehydes is 1. The molecule has 0 aliphatic carbocycles. The molecule has 0 N–H and O–H groups in total. The molecule has 1 saturated heterocycles. The van der Waals surface area contributed by atoms with Gasteiger partial charge in [0.25, 0.3) is 15.9 Å². The molecule has 21 heavy (non-hydrogen) atoms. The first kappa shape index (κ1) is 15.7. The third-order valence-electron chi connectivity index (χ3n) is 3.69. The Bertz CT molecular complexity index is 643. The Morgan fingerprint density at radius 1 is 1.33 bits per heavy atom. The highest BCUT2D eigenvalue weighted by atomic mass is 32.2. The maximum Gasteiger partial charge on any atom is 0.268 e. The first-order chi connectivity index (χ1) is 9.86. The van der Waals surface area contributed by atoms with E-state index in [1.807, 2.05) is 0 Å². The first-order valence-corrected chi connectivity index (χ1v) is 7.94. The molecule has 1 aliphatic rings. The standard InChI is InChI=1S/C14H17NO5S/c1-14(10-16)9-8-12(20-2)15(13(14)17)21(18,19)11-6-4-3-5-7-11/h3-7,10,12H,8-9H2,1-2H3/t12-,14-/m0/s1. The highest BCUT2D eigenvalue weighted by Crippen LogP contribution is 2.35. The minimum atomic E-state index is -4.05. The average molecular weight is 311 g/mol. The quantitative estimate of drug-likeness (QED) is 0.616. The van der Waals surface area contributed by atoms with Crippen molar-refractivity contribution in [2.75, 3.05) is 7.11 Å². The third-order valence-corrected chi connectivity index (χ3v) is 5.48. The van der Waals surface area contributed by atoms with E-state index in [9.17, 15) is 18.0 Å². The molecule has 6 nitrogen and oxygen atoms in total. The fraction of sp³-hybridized carbons (Fsp3) is 0.429. The summed E-state index contributed by atoms with van der Waals surface area (Å²) in [5.41, 5.74) is -1.34. The molecule has 1 aliphatic heterocycles. The Labute approximate surface area is 123 Å². The Balaban J connectivity index is 2.52. The molecule has 1 fully saturated rings. The molecule has 0 aromatic heterocycles. The van der Waals surface area contributed by atoms with Gasteiger partial charge in [0.1, 0.15) is 17.9 Å². The number of ether oxygens (including phenoxy) is 1. The fourth-order valence-corrected chi connectivity index (χ4v) is 3.98. The molecule has 1 amide bonds. The number of amides is 1. The Morgan fingerprint density at radius 3 is 2.48 bits per heavy atom. The van der Waals surface area contributed by atoms with Crippen LogP contribution in [0.25, 0.3) is 0 Å². The summed E-state index contributed by atoms with van der Waals surface area (Å²) in [4.78, 5) is 23.7. The van der Waals surface area contributed by atoms with E-state index in [-0.39, 0.29) is 17.7 Å². The Hall–Kier alpha value is -1.73. The summed E-state index contributed by atoms with van der Waals surface area (Å²) in [7, 11) is -2.71. The summed E-state index contributed by atoms with van der Waals surface area (Å²) in [6.45, 7) is 1.45. The van der Waals surface area contributed by atoms with Crippen molar-refractivity contribution in [3.8, 4) is 0 Å². The summed E-state index contributed by atoms with van der Waals surface area (Å²) in [5.74, 6) is -0.751. The Kier molecular flexibility index (Phi) is 4.15. The molecule has 0 saturated carbocycles. The van der Waals surface area contributed by atoms with Crippen molar-refractivity contribution < 1.29 is 22.7 Å². The van der Waals surface area contributed by atoms with E-state index in [2.05, 4.69) is 0 Å². The summed E-state index contributed by atoms with van der Waals surface area (Å²) >= 11 is 0. The van der Waals surface area contributed by atoms with Gasteiger partial charge in [-0.25, -0.2) is 12.7 Å². The molecule has 0 radical (unpaired) electrons. The van der Waals surface area contributed by atoms with Crippen LogP contribution in [0.3, 0.4) is 0 Å². The van der Waals surface area contributed by atoms with Crippen LogP contribution >= 0.6 is 0 Å². The van der Waals surface area contributed by atoms with Gasteiger partial charge in [-0.3, -0.25) is 4.79 Å². The van der Waals surface area contributed by atoms with Gasteiger partial charge in [0.15, 0.2) is 0 Å². The lowest BCUT2D eigenvalue weighted by Gasteiger charge is -2.40. The molecule has 0 bridgehead atoms. The second-order valence-corrected chi connectivity index (χ2v) is 7.00. The molecular formula is C14H17NO5S. The molecule has 114 valence electrons. The molecule has 1 heterocycles. The van der Waals surface area contributed by atoms with Crippen molar-refractivity contribution in [3.05, 3.63) is 30.3 Å². The highest BCUT2D eigenvalue weighted by molar-refractivity contribution is 7.89. The topological polar surface area (TPSA) is 80.8 Å². The molecule has 0 spiro atoms. The van der Waals surface area contributed by atoms with E-state index >= 15 is 0 Å². The smallest absolute Gasteiger partial charge is 0.268 e. The molecule has 2 atom stereocenters. The SMILES string of the molecule is CO[C@H]1CC[C@@](C)(C=O)C(=O)N1S(=O)(=O)c1ccccc1. The van der Waals surface area contributed by atoms with Crippen molar-refractivity contribution >= 4 is 22.2 Å². The van der Waals surface area contributed by atoms with Gasteiger partial charge in [0.05, 0.1) is 4.90 Å². The second-order valence-electron chi connectivity index (χ2n) is 5.18. The number of piperidine rings is 1. The maximum atomic E-state index is 12.7. The van der Waals surface area contributed by atoms with E-state index in [0.29, 0.717) is 10.6 Å². The zero-order valence-corrected chi connectivity index (χ0v) is 12.7. The summed E-state index contributed by atoms with van der Waals surface area (Å²) in [6, 6.07) is 7.63. The van der Waals surface area contributed by atoms with E-state index in [1.54, 1.807) is 18.2 Å². The number of carbonyl (C=O) groups is 2. The van der Waals surface area contributed by atoms with Gasteiger partial charge >= 0.3 is 0 Å². The van der Waals surface area contributed by atoms with Gasteiger partial charge in [-0.05, 0) is 31.9 Å². The number of hydrogen-bond acceptors (Lipinski definition) is 5. The molecule has 0 unspecified atom stereocenters. The van der Waals surface area contributed by atoms with Gasteiger partial charge in [-0.15, -0.1) is 0 Å². The van der Waals surface area contributed by atoms with Crippen molar-refractivity contribution in [1.82, 2.24) is 4.31 Å². The van der Waals surface area contributed by atoms with Crippen molar-refractivity contribution in [2.24, 2.45) is 5.41 Å². The minimum Gasteiger partial charge on any atom is -0.360 e. The number of nitrogens with zero attached hydrogens (tertiary/aromatic N) is 1. The number of rotatable bonds is 4. The Morgan fingerprint density at radius 2 is 1.95 bits per heavy atom. The zero-order valence-electron chi connectivity index (χ0n) is 11.9. The molecular weight excluding hydrogens is 294 g/mol. The number of methoxy groups -OCH3 is 1. The van der Waals surface area contributed by atoms with E-state index < -0.39 is 27.6 Å². The van der Waals surface area contributed by atoms with Gasteiger partial charge < -0.3 is 9.53 Å². The van der Waals surface area contributed by atoms with Crippen LogP contribution in [0.15, 0.2) is 35.2 Å². The van der Waals surface area contributed by atoms with E-state index in [0.717, 1.165) is 0 Å².